The summed E-state index contributed by atoms with van der Waals surface area (Å²) < 4.78 is 6.14. The Bertz CT molecular complexity index is 1030. The molecule has 0 radical (unpaired) electrons. The Morgan fingerprint density at radius 1 is 0.759 bits per heavy atom. The average molecular weight is 395 g/mol. The fourth-order valence-electron chi connectivity index (χ4n) is 3.81. The van der Waals surface area contributed by atoms with Crippen molar-refractivity contribution in [1.82, 2.24) is 5.32 Å². The summed E-state index contributed by atoms with van der Waals surface area (Å²) in [5, 5.41) is 7.63. The van der Waals surface area contributed by atoms with Crippen molar-refractivity contribution in [2.75, 3.05) is 6.61 Å². The Labute approximate surface area is 173 Å². The molecule has 1 heterocycles. The molecule has 0 bridgehead atoms. The maximum Gasteiger partial charge on any atom is 0.195 e. The van der Waals surface area contributed by atoms with Crippen LogP contribution in [0.15, 0.2) is 126 Å². The van der Waals surface area contributed by atoms with Crippen LogP contribution in [0.1, 0.15) is 11.6 Å². The van der Waals surface area contributed by atoms with Crippen LogP contribution in [0.25, 0.3) is 0 Å². The molecular weight excluding hydrogens is 373 g/mol. The number of allylic oxidation sites excluding steroid dienone is 5. The molecule has 1 fully saturated rings. The summed E-state index contributed by atoms with van der Waals surface area (Å²) >= 11 is 0. The third kappa shape index (κ3) is 3.64. The first-order valence-corrected chi connectivity index (χ1v) is 11.2. The quantitative estimate of drug-likeness (QED) is 0.617. The summed E-state index contributed by atoms with van der Waals surface area (Å²) in [7, 11) is -0.655. The summed E-state index contributed by atoms with van der Waals surface area (Å²) in [5.74, 6) is 0.887. The van der Waals surface area contributed by atoms with Crippen LogP contribution in [0, 0.1) is 0 Å². The minimum Gasteiger partial charge on any atom is -0.476 e. The van der Waals surface area contributed by atoms with Gasteiger partial charge in [-0.2, -0.15) is 0 Å². The van der Waals surface area contributed by atoms with E-state index in [0.717, 1.165) is 5.88 Å². The Hall–Kier alpha value is -3.09. The van der Waals surface area contributed by atoms with E-state index in [-0.39, 0.29) is 6.04 Å². The highest BCUT2D eigenvalue weighted by Crippen LogP contribution is 2.49. The predicted octanol–water partition coefficient (Wildman–Crippen LogP) is 5.15. The van der Waals surface area contributed by atoms with Gasteiger partial charge in [0, 0.05) is 5.57 Å². The standard InChI is InChI=1S/C26H22NOP/c1-4-11-20(12-5-1)24-19-28-26(27-24)23-17-10-18-25(23)29(21-13-6-2-7-14-21)22-15-8-3-9-16-22/h1-18,24,27H,19H2/t24-/m1/s1. The van der Waals surface area contributed by atoms with Crippen molar-refractivity contribution in [2.45, 2.75) is 6.04 Å². The lowest BCUT2D eigenvalue weighted by Crippen LogP contribution is -2.17. The van der Waals surface area contributed by atoms with Gasteiger partial charge in [0.1, 0.15) is 6.61 Å². The second-order valence-corrected chi connectivity index (χ2v) is 9.26. The molecule has 3 aromatic carbocycles. The van der Waals surface area contributed by atoms with Gasteiger partial charge < -0.3 is 10.1 Å². The van der Waals surface area contributed by atoms with Crippen LogP contribution in [-0.2, 0) is 4.74 Å². The zero-order chi connectivity index (χ0) is 19.5. The molecule has 2 nitrogen and oxygen atoms in total. The van der Waals surface area contributed by atoms with E-state index in [4.69, 9.17) is 4.74 Å². The Balaban J connectivity index is 1.52. The highest BCUT2D eigenvalue weighted by molar-refractivity contribution is 7.77. The number of ether oxygens (including phenoxy) is 1. The summed E-state index contributed by atoms with van der Waals surface area (Å²) in [5.41, 5.74) is 2.42. The van der Waals surface area contributed by atoms with Gasteiger partial charge >= 0.3 is 0 Å². The van der Waals surface area contributed by atoms with Gasteiger partial charge in [0.15, 0.2) is 5.88 Å². The number of hydrogen-bond acceptors (Lipinski definition) is 2. The summed E-state index contributed by atoms with van der Waals surface area (Å²) in [6.07, 6.45) is 6.56. The number of nitrogens with one attached hydrogen (secondary N) is 1. The molecule has 1 aliphatic carbocycles. The predicted molar refractivity (Wildman–Crippen MR) is 122 cm³/mol. The van der Waals surface area contributed by atoms with E-state index in [0.29, 0.717) is 6.61 Å². The van der Waals surface area contributed by atoms with Crippen molar-refractivity contribution in [3.8, 4) is 0 Å². The lowest BCUT2D eigenvalue weighted by molar-refractivity contribution is 0.253. The summed E-state index contributed by atoms with van der Waals surface area (Å²) in [6.45, 7) is 0.651. The molecular formula is C26H22NOP. The summed E-state index contributed by atoms with van der Waals surface area (Å²) in [6, 6.07) is 32.3. The first kappa shape index (κ1) is 18.0. The molecule has 0 spiro atoms. The molecule has 1 atom stereocenters. The largest absolute Gasteiger partial charge is 0.476 e. The molecule has 3 heteroatoms. The number of hydrogen-bond donors (Lipinski definition) is 1. The third-order valence-corrected chi connectivity index (χ3v) is 7.71. The monoisotopic (exact) mass is 395 g/mol. The van der Waals surface area contributed by atoms with Crippen molar-refractivity contribution < 1.29 is 4.74 Å². The van der Waals surface area contributed by atoms with Gasteiger partial charge in [0.05, 0.1) is 6.04 Å². The van der Waals surface area contributed by atoms with E-state index in [1.807, 2.05) is 6.07 Å². The third-order valence-electron chi connectivity index (χ3n) is 5.21. The van der Waals surface area contributed by atoms with E-state index in [1.165, 1.54) is 27.1 Å². The molecule has 1 N–H and O–H groups in total. The van der Waals surface area contributed by atoms with Gasteiger partial charge in [0.25, 0.3) is 0 Å². The van der Waals surface area contributed by atoms with Gasteiger partial charge in [-0.3, -0.25) is 0 Å². The first-order chi connectivity index (χ1) is 14.4. The van der Waals surface area contributed by atoms with Gasteiger partial charge in [-0.05, 0) is 35.5 Å². The second kappa shape index (κ2) is 8.11. The van der Waals surface area contributed by atoms with Crippen LogP contribution >= 0.6 is 7.92 Å². The second-order valence-electron chi connectivity index (χ2n) is 7.08. The minimum absolute atomic E-state index is 0.189. The highest BCUT2D eigenvalue weighted by atomic mass is 31.1. The fourth-order valence-corrected chi connectivity index (χ4v) is 6.25. The van der Waals surface area contributed by atoms with E-state index in [1.54, 1.807) is 0 Å². The minimum atomic E-state index is -0.655. The van der Waals surface area contributed by atoms with Crippen molar-refractivity contribution in [3.63, 3.8) is 0 Å². The van der Waals surface area contributed by atoms with E-state index in [9.17, 15) is 0 Å². The van der Waals surface area contributed by atoms with Gasteiger partial charge in [-0.1, -0.05) is 103 Å². The molecule has 2 aliphatic rings. The topological polar surface area (TPSA) is 21.3 Å². The van der Waals surface area contributed by atoms with Gasteiger partial charge in [-0.15, -0.1) is 0 Å². The molecule has 1 aliphatic heterocycles. The molecule has 0 saturated carbocycles. The maximum atomic E-state index is 6.14. The summed E-state index contributed by atoms with van der Waals surface area (Å²) in [4.78, 5) is 0. The highest BCUT2D eigenvalue weighted by Gasteiger charge is 2.29. The van der Waals surface area contributed by atoms with Crippen molar-refractivity contribution in [1.29, 1.82) is 0 Å². The molecule has 142 valence electrons. The number of rotatable bonds is 4. The zero-order valence-corrected chi connectivity index (χ0v) is 16.9. The Morgan fingerprint density at radius 2 is 1.34 bits per heavy atom. The van der Waals surface area contributed by atoms with Gasteiger partial charge in [0.2, 0.25) is 0 Å². The van der Waals surface area contributed by atoms with Crippen LogP contribution in [0.5, 0.6) is 0 Å². The molecule has 3 aromatic rings. The van der Waals surface area contributed by atoms with Crippen LogP contribution in [0.2, 0.25) is 0 Å². The Kier molecular flexibility index (Phi) is 5.02. The molecule has 29 heavy (non-hydrogen) atoms. The smallest absolute Gasteiger partial charge is 0.195 e. The zero-order valence-electron chi connectivity index (χ0n) is 16.0. The molecule has 5 rings (SSSR count). The average Bonchev–Trinajstić information content (AvgIpc) is 3.46. The van der Waals surface area contributed by atoms with Crippen molar-refractivity contribution >= 4 is 18.5 Å². The van der Waals surface area contributed by atoms with Crippen LogP contribution in [-0.4, -0.2) is 6.61 Å². The van der Waals surface area contributed by atoms with E-state index >= 15 is 0 Å². The van der Waals surface area contributed by atoms with E-state index in [2.05, 4.69) is 108 Å². The number of benzene rings is 3. The maximum absolute atomic E-state index is 6.14. The van der Waals surface area contributed by atoms with Crippen LogP contribution in [0.3, 0.4) is 0 Å². The molecule has 0 amide bonds. The SMILES string of the molecule is C1=CC(=C2N[C@@H](c3ccccc3)CO2)C(P(c2ccccc2)c2ccccc2)=C1. The van der Waals surface area contributed by atoms with Crippen molar-refractivity contribution in [3.05, 3.63) is 132 Å². The van der Waals surface area contributed by atoms with Crippen LogP contribution < -0.4 is 15.9 Å². The lowest BCUT2D eigenvalue weighted by atomic mass is 10.1. The molecule has 0 aromatic heterocycles. The molecule has 1 saturated heterocycles. The van der Waals surface area contributed by atoms with E-state index < -0.39 is 7.92 Å². The van der Waals surface area contributed by atoms with Crippen LogP contribution in [0.4, 0.5) is 0 Å². The van der Waals surface area contributed by atoms with Crippen molar-refractivity contribution in [2.24, 2.45) is 0 Å². The Morgan fingerprint density at radius 3 is 1.97 bits per heavy atom. The fraction of sp³-hybridized carbons (Fsp3) is 0.0769. The van der Waals surface area contributed by atoms with Gasteiger partial charge in [-0.25, -0.2) is 0 Å². The first-order valence-electron chi connectivity index (χ1n) is 9.88. The lowest BCUT2D eigenvalue weighted by Gasteiger charge is -2.22. The normalized spacial score (nSPS) is 20.4. The molecule has 0 unspecified atom stereocenters.